The van der Waals surface area contributed by atoms with Gasteiger partial charge in [-0.2, -0.15) is 5.26 Å². The first-order valence-corrected chi connectivity index (χ1v) is 3.57. The van der Waals surface area contributed by atoms with Crippen LogP contribution in [0.1, 0.15) is 0 Å². The van der Waals surface area contributed by atoms with E-state index in [2.05, 4.69) is 10.3 Å². The molecule has 4 nitrogen and oxygen atoms in total. The first-order valence-electron chi connectivity index (χ1n) is 3.57. The molecule has 0 unspecified atom stereocenters. The Morgan fingerprint density at radius 2 is 1.93 bits per heavy atom. The lowest BCUT2D eigenvalue weighted by Crippen LogP contribution is -2.22. The SMILES string of the molecule is N#C/N=C(/N)Nc1cc(F)cc(F)c1. The van der Waals surface area contributed by atoms with E-state index in [0.717, 1.165) is 18.2 Å². The van der Waals surface area contributed by atoms with Gasteiger partial charge in [0.05, 0.1) is 0 Å². The van der Waals surface area contributed by atoms with Crippen LogP contribution in [0.2, 0.25) is 0 Å². The van der Waals surface area contributed by atoms with Crippen molar-refractivity contribution in [3.05, 3.63) is 29.8 Å². The second-order valence-corrected chi connectivity index (χ2v) is 2.38. The number of anilines is 1. The molecule has 0 heterocycles. The van der Waals surface area contributed by atoms with Gasteiger partial charge < -0.3 is 11.1 Å². The molecule has 0 radical (unpaired) electrons. The highest BCUT2D eigenvalue weighted by Gasteiger charge is 2.00. The van der Waals surface area contributed by atoms with E-state index in [-0.39, 0.29) is 11.6 Å². The number of nitrogens with two attached hydrogens (primary N) is 1. The Balaban J connectivity index is 2.88. The van der Waals surface area contributed by atoms with Gasteiger partial charge in [0.2, 0.25) is 12.2 Å². The molecule has 0 bridgehead atoms. The van der Waals surface area contributed by atoms with Gasteiger partial charge in [0, 0.05) is 11.8 Å². The van der Waals surface area contributed by atoms with Crippen LogP contribution in [0.5, 0.6) is 0 Å². The molecular formula is C8H6F2N4. The Morgan fingerprint density at radius 3 is 2.43 bits per heavy atom. The molecule has 0 saturated heterocycles. The zero-order chi connectivity index (χ0) is 10.6. The fourth-order valence-electron chi connectivity index (χ4n) is 0.856. The number of benzene rings is 1. The normalized spacial score (nSPS) is 10.8. The zero-order valence-corrected chi connectivity index (χ0v) is 6.96. The summed E-state index contributed by atoms with van der Waals surface area (Å²) in [5.41, 5.74) is 5.28. The van der Waals surface area contributed by atoms with E-state index >= 15 is 0 Å². The van der Waals surface area contributed by atoms with Crippen LogP contribution < -0.4 is 11.1 Å². The maximum Gasteiger partial charge on any atom is 0.209 e. The molecule has 0 amide bonds. The predicted octanol–water partition coefficient (Wildman–Crippen LogP) is 1.17. The third-order valence-corrected chi connectivity index (χ3v) is 1.31. The number of rotatable bonds is 1. The third-order valence-electron chi connectivity index (χ3n) is 1.31. The number of nitrogens with zero attached hydrogens (tertiary/aromatic N) is 2. The molecule has 0 aromatic heterocycles. The summed E-state index contributed by atoms with van der Waals surface area (Å²) in [6.07, 6.45) is 1.43. The highest BCUT2D eigenvalue weighted by molar-refractivity contribution is 5.92. The van der Waals surface area contributed by atoms with Crippen LogP contribution in [0, 0.1) is 23.1 Å². The van der Waals surface area contributed by atoms with E-state index in [1.165, 1.54) is 6.19 Å². The van der Waals surface area contributed by atoms with E-state index in [9.17, 15) is 8.78 Å². The molecule has 0 fully saturated rings. The lowest BCUT2D eigenvalue weighted by Gasteiger charge is -2.03. The summed E-state index contributed by atoms with van der Waals surface area (Å²) >= 11 is 0. The van der Waals surface area contributed by atoms with Gasteiger partial charge in [0.25, 0.3) is 0 Å². The first kappa shape index (κ1) is 9.92. The molecule has 1 aromatic carbocycles. The minimum atomic E-state index is -0.739. The van der Waals surface area contributed by atoms with Crippen molar-refractivity contribution in [3.8, 4) is 6.19 Å². The minimum absolute atomic E-state index is 0.0963. The highest BCUT2D eigenvalue weighted by atomic mass is 19.1. The predicted molar refractivity (Wildman–Crippen MR) is 47.2 cm³/mol. The average molecular weight is 196 g/mol. The van der Waals surface area contributed by atoms with Crippen molar-refractivity contribution in [2.24, 2.45) is 10.7 Å². The number of halogens is 2. The summed E-state index contributed by atoms with van der Waals surface area (Å²) in [7, 11) is 0. The molecule has 3 N–H and O–H groups in total. The molecule has 0 aliphatic rings. The average Bonchev–Trinajstić information content (AvgIpc) is 2.01. The molecule has 1 rings (SSSR count). The molecule has 0 spiro atoms. The molecule has 0 aliphatic carbocycles. The molecule has 0 aliphatic heterocycles. The van der Waals surface area contributed by atoms with Crippen LogP contribution >= 0.6 is 0 Å². The van der Waals surface area contributed by atoms with Crippen molar-refractivity contribution in [1.29, 1.82) is 5.26 Å². The fraction of sp³-hybridized carbons (Fsp3) is 0. The van der Waals surface area contributed by atoms with E-state index in [1.54, 1.807) is 0 Å². The van der Waals surface area contributed by atoms with Gasteiger partial charge in [-0.05, 0) is 12.1 Å². The van der Waals surface area contributed by atoms with Gasteiger partial charge in [0.15, 0.2) is 0 Å². The third kappa shape index (κ3) is 2.71. The van der Waals surface area contributed by atoms with Crippen molar-refractivity contribution in [3.63, 3.8) is 0 Å². The quantitative estimate of drug-likeness (QED) is 0.402. The number of aliphatic imine (C=N–C) groups is 1. The summed E-state index contributed by atoms with van der Waals surface area (Å²) in [6.45, 7) is 0. The monoisotopic (exact) mass is 196 g/mol. The molecule has 0 atom stereocenters. The summed E-state index contributed by atoms with van der Waals surface area (Å²) < 4.78 is 25.3. The smallest absolute Gasteiger partial charge is 0.209 e. The zero-order valence-electron chi connectivity index (χ0n) is 6.96. The van der Waals surface area contributed by atoms with Crippen molar-refractivity contribution < 1.29 is 8.78 Å². The number of hydrogen-bond acceptors (Lipinski definition) is 2. The summed E-state index contributed by atoms with van der Waals surface area (Å²) in [5, 5.41) is 10.5. The Hall–Kier alpha value is -2.16. The summed E-state index contributed by atoms with van der Waals surface area (Å²) in [6, 6.07) is 2.79. The highest BCUT2D eigenvalue weighted by Crippen LogP contribution is 2.12. The maximum absolute atomic E-state index is 12.6. The van der Waals surface area contributed by atoms with E-state index < -0.39 is 11.6 Å². The number of guanidine groups is 1. The van der Waals surface area contributed by atoms with Gasteiger partial charge in [-0.1, -0.05) is 0 Å². The standard InChI is InChI=1S/C8H6F2N4/c9-5-1-6(10)3-7(2-5)14-8(12)13-4-11/h1-3H,(H3,12,13,14). The molecule has 6 heteroatoms. The van der Waals surface area contributed by atoms with Crippen LogP contribution in [-0.4, -0.2) is 5.96 Å². The first-order chi connectivity index (χ1) is 6.61. The topological polar surface area (TPSA) is 74.2 Å². The van der Waals surface area contributed by atoms with Crippen LogP contribution in [0.3, 0.4) is 0 Å². The minimum Gasteiger partial charge on any atom is -0.369 e. The van der Waals surface area contributed by atoms with Crippen LogP contribution in [-0.2, 0) is 0 Å². The van der Waals surface area contributed by atoms with Crippen molar-refractivity contribution >= 4 is 11.6 Å². The lowest BCUT2D eigenvalue weighted by molar-refractivity contribution is 0.584. The largest absolute Gasteiger partial charge is 0.369 e. The van der Waals surface area contributed by atoms with Crippen molar-refractivity contribution in [1.82, 2.24) is 0 Å². The van der Waals surface area contributed by atoms with Crippen LogP contribution in [0.4, 0.5) is 14.5 Å². The van der Waals surface area contributed by atoms with Crippen molar-refractivity contribution in [2.45, 2.75) is 0 Å². The molecule has 1 aromatic rings. The van der Waals surface area contributed by atoms with E-state index in [0.29, 0.717) is 0 Å². The van der Waals surface area contributed by atoms with Gasteiger partial charge >= 0.3 is 0 Å². The maximum atomic E-state index is 12.6. The molecule has 0 saturated carbocycles. The fourth-order valence-corrected chi connectivity index (χ4v) is 0.856. The van der Waals surface area contributed by atoms with E-state index in [4.69, 9.17) is 11.0 Å². The second-order valence-electron chi connectivity index (χ2n) is 2.38. The lowest BCUT2D eigenvalue weighted by atomic mass is 10.3. The van der Waals surface area contributed by atoms with E-state index in [1.807, 2.05) is 0 Å². The Kier molecular flexibility index (Phi) is 2.97. The molecular weight excluding hydrogens is 190 g/mol. The van der Waals surface area contributed by atoms with Crippen molar-refractivity contribution in [2.75, 3.05) is 5.32 Å². The Labute approximate surface area is 78.7 Å². The van der Waals surface area contributed by atoms with Gasteiger partial charge in [-0.25, -0.2) is 8.78 Å². The van der Waals surface area contributed by atoms with Crippen LogP contribution in [0.25, 0.3) is 0 Å². The van der Waals surface area contributed by atoms with Gasteiger partial charge in [-0.3, -0.25) is 0 Å². The molecule has 14 heavy (non-hydrogen) atoms. The number of nitrogens with one attached hydrogen (secondary N) is 1. The summed E-state index contributed by atoms with van der Waals surface area (Å²) in [5.74, 6) is -1.70. The number of hydrogen-bond donors (Lipinski definition) is 2. The second kappa shape index (κ2) is 4.18. The Morgan fingerprint density at radius 1 is 1.36 bits per heavy atom. The van der Waals surface area contributed by atoms with Gasteiger partial charge in [-0.15, -0.1) is 4.99 Å². The van der Waals surface area contributed by atoms with Crippen LogP contribution in [0.15, 0.2) is 23.2 Å². The Bertz CT molecular complexity index is 388. The summed E-state index contributed by atoms with van der Waals surface area (Å²) in [4.78, 5) is 3.12. The molecule has 72 valence electrons. The van der Waals surface area contributed by atoms with Gasteiger partial charge in [0.1, 0.15) is 11.6 Å². The number of nitriles is 1.